The molecule has 1 aliphatic heterocycles. The Labute approximate surface area is 203 Å². The fraction of sp³-hybridized carbons (Fsp3) is 0.154. The smallest absolute Gasteiger partial charge is 0.327 e. The van der Waals surface area contributed by atoms with Gasteiger partial charge in [-0.2, -0.15) is 0 Å². The maximum absolute atomic E-state index is 15.2. The number of fused-ring (bicyclic) bond motifs is 3. The van der Waals surface area contributed by atoms with E-state index in [1.54, 1.807) is 36.4 Å². The minimum atomic E-state index is -1.30. The van der Waals surface area contributed by atoms with Gasteiger partial charge in [-0.25, -0.2) is 18.6 Å². The number of methoxy groups -OCH3 is 1. The number of hydrogen-bond donors (Lipinski definition) is 1. The number of nitro benzene ring substituents is 1. The number of carboxylic acids is 1. The van der Waals surface area contributed by atoms with Gasteiger partial charge in [0.15, 0.2) is 0 Å². The molecule has 5 rings (SSSR count). The lowest BCUT2D eigenvalue weighted by Crippen LogP contribution is -2.41. The second-order valence-electron chi connectivity index (χ2n) is 8.36. The average Bonchev–Trinajstić information content (AvgIpc) is 3.19. The molecule has 4 aromatic rings. The summed E-state index contributed by atoms with van der Waals surface area (Å²) in [5.74, 6) is -3.20. The first kappa shape index (κ1) is 23.2. The fourth-order valence-electron chi connectivity index (χ4n) is 4.97. The van der Waals surface area contributed by atoms with E-state index in [0.29, 0.717) is 21.9 Å². The Bertz CT molecular complexity index is 1530. The number of aromatic nitrogens is 1. The van der Waals surface area contributed by atoms with E-state index >= 15 is 4.39 Å². The maximum atomic E-state index is 15.2. The van der Waals surface area contributed by atoms with Crippen LogP contribution in [-0.4, -0.2) is 34.1 Å². The van der Waals surface area contributed by atoms with Crippen LogP contribution in [0.1, 0.15) is 22.6 Å². The molecule has 2 heterocycles. The van der Waals surface area contributed by atoms with Gasteiger partial charge in [-0.15, -0.1) is 0 Å². The number of nitrogens with zero attached hydrogens (tertiary/aromatic N) is 3. The van der Waals surface area contributed by atoms with Crippen LogP contribution in [0.15, 0.2) is 66.9 Å². The van der Waals surface area contributed by atoms with Crippen LogP contribution < -0.4 is 9.64 Å². The lowest BCUT2D eigenvalue weighted by atomic mass is 9.85. The molecule has 1 aliphatic rings. The molecule has 2 atom stereocenters. The van der Waals surface area contributed by atoms with E-state index in [-0.39, 0.29) is 29.4 Å². The summed E-state index contributed by atoms with van der Waals surface area (Å²) in [5.41, 5.74) is 0.811. The SMILES string of the molecule is COc1ncccc1C1c2c(cc(F)c3ccccc23)N(Cc2cc([N+](=O)[O-])ccc2F)C1C(=O)O. The quantitative estimate of drug-likeness (QED) is 0.298. The minimum Gasteiger partial charge on any atom is -0.481 e. The Hall–Kier alpha value is -4.60. The summed E-state index contributed by atoms with van der Waals surface area (Å²) in [4.78, 5) is 28.9. The van der Waals surface area contributed by atoms with Crippen molar-refractivity contribution in [2.24, 2.45) is 0 Å². The number of anilines is 1. The fourth-order valence-corrected chi connectivity index (χ4v) is 4.97. The molecule has 10 heteroatoms. The molecular formula is C26H19F2N3O5. The Morgan fingerprint density at radius 1 is 1.11 bits per heavy atom. The van der Waals surface area contributed by atoms with Crippen LogP contribution >= 0.6 is 0 Å². The van der Waals surface area contributed by atoms with Crippen LogP contribution in [0.5, 0.6) is 5.88 Å². The van der Waals surface area contributed by atoms with Crippen molar-refractivity contribution in [2.45, 2.75) is 18.5 Å². The number of nitro groups is 1. The Morgan fingerprint density at radius 2 is 1.86 bits per heavy atom. The highest BCUT2D eigenvalue weighted by molar-refractivity contribution is 5.97. The van der Waals surface area contributed by atoms with E-state index in [4.69, 9.17) is 4.74 Å². The molecule has 0 radical (unpaired) electrons. The van der Waals surface area contributed by atoms with Crippen LogP contribution in [0, 0.1) is 21.7 Å². The Kier molecular flexibility index (Phi) is 5.71. The average molecular weight is 491 g/mol. The first-order valence-corrected chi connectivity index (χ1v) is 10.9. The molecule has 0 bridgehead atoms. The third kappa shape index (κ3) is 3.67. The first-order chi connectivity index (χ1) is 17.3. The molecule has 0 saturated carbocycles. The molecule has 0 saturated heterocycles. The normalized spacial score (nSPS) is 16.7. The maximum Gasteiger partial charge on any atom is 0.327 e. The summed E-state index contributed by atoms with van der Waals surface area (Å²) in [6.45, 7) is -0.339. The first-order valence-electron chi connectivity index (χ1n) is 10.9. The predicted octanol–water partition coefficient (Wildman–Crippen LogP) is 5.04. The van der Waals surface area contributed by atoms with Crippen molar-refractivity contribution in [1.82, 2.24) is 4.98 Å². The van der Waals surface area contributed by atoms with Gasteiger partial charge in [-0.05, 0) is 29.1 Å². The number of carbonyl (C=O) groups is 1. The highest BCUT2D eigenvalue weighted by atomic mass is 19.1. The summed E-state index contributed by atoms with van der Waals surface area (Å²) in [7, 11) is 1.41. The van der Waals surface area contributed by atoms with E-state index in [0.717, 1.165) is 18.2 Å². The Balaban J connectivity index is 1.79. The number of rotatable bonds is 6. The van der Waals surface area contributed by atoms with Gasteiger partial charge in [-0.3, -0.25) is 10.1 Å². The van der Waals surface area contributed by atoms with Gasteiger partial charge in [-0.1, -0.05) is 30.3 Å². The van der Waals surface area contributed by atoms with E-state index in [1.165, 1.54) is 24.3 Å². The second kappa shape index (κ2) is 8.88. The number of carboxylic acid groups (broad SMARTS) is 1. The molecule has 1 aromatic heterocycles. The summed E-state index contributed by atoms with van der Waals surface area (Å²) >= 11 is 0. The second-order valence-corrected chi connectivity index (χ2v) is 8.36. The number of benzene rings is 3. The summed E-state index contributed by atoms with van der Waals surface area (Å²) < 4.78 is 35.4. The van der Waals surface area contributed by atoms with Crippen LogP contribution in [-0.2, 0) is 11.3 Å². The number of halogens is 2. The number of ether oxygens (including phenoxy) is 1. The van der Waals surface area contributed by atoms with Crippen LogP contribution in [0.3, 0.4) is 0 Å². The Morgan fingerprint density at radius 3 is 2.56 bits per heavy atom. The molecule has 8 nitrogen and oxygen atoms in total. The van der Waals surface area contributed by atoms with Gasteiger partial charge in [0.2, 0.25) is 5.88 Å². The standard InChI is InChI=1S/C26H19F2N3O5/c1-36-25-18(7-4-10-29-25)23-22-17-6-3-2-5-16(17)20(28)12-21(22)30(24(23)26(32)33)13-14-11-15(31(34)35)8-9-19(14)27/h2-12,23-24H,13H2,1H3,(H,32,33). The van der Waals surface area contributed by atoms with Crippen LogP contribution in [0.4, 0.5) is 20.2 Å². The third-order valence-electron chi connectivity index (χ3n) is 6.45. The molecule has 3 aromatic carbocycles. The van der Waals surface area contributed by atoms with E-state index in [9.17, 15) is 24.4 Å². The highest BCUT2D eigenvalue weighted by Crippen LogP contribution is 2.51. The van der Waals surface area contributed by atoms with Gasteiger partial charge in [0, 0.05) is 53.0 Å². The largest absolute Gasteiger partial charge is 0.481 e. The molecule has 0 fully saturated rings. The predicted molar refractivity (Wildman–Crippen MR) is 127 cm³/mol. The molecule has 0 spiro atoms. The molecule has 182 valence electrons. The lowest BCUT2D eigenvalue weighted by molar-refractivity contribution is -0.385. The van der Waals surface area contributed by atoms with Crippen molar-refractivity contribution in [3.8, 4) is 5.88 Å². The minimum absolute atomic E-state index is 0.0891. The van der Waals surface area contributed by atoms with E-state index in [2.05, 4.69) is 4.98 Å². The highest BCUT2D eigenvalue weighted by Gasteiger charge is 2.46. The topological polar surface area (TPSA) is 106 Å². The van der Waals surface area contributed by atoms with Crippen LogP contribution in [0.2, 0.25) is 0 Å². The molecular weight excluding hydrogens is 472 g/mol. The molecule has 36 heavy (non-hydrogen) atoms. The van der Waals surface area contributed by atoms with Crippen molar-refractivity contribution in [3.63, 3.8) is 0 Å². The zero-order valence-electron chi connectivity index (χ0n) is 18.9. The third-order valence-corrected chi connectivity index (χ3v) is 6.45. The van der Waals surface area contributed by atoms with Crippen molar-refractivity contribution < 1.29 is 28.3 Å². The van der Waals surface area contributed by atoms with Crippen molar-refractivity contribution in [2.75, 3.05) is 12.0 Å². The van der Waals surface area contributed by atoms with Crippen molar-refractivity contribution >= 4 is 28.1 Å². The van der Waals surface area contributed by atoms with Gasteiger partial charge in [0.1, 0.15) is 17.7 Å². The monoisotopic (exact) mass is 491 g/mol. The number of hydrogen-bond acceptors (Lipinski definition) is 6. The number of pyridine rings is 1. The van der Waals surface area contributed by atoms with Gasteiger partial charge >= 0.3 is 5.97 Å². The number of aliphatic carboxylic acids is 1. The molecule has 0 amide bonds. The van der Waals surface area contributed by atoms with E-state index in [1.807, 2.05) is 0 Å². The van der Waals surface area contributed by atoms with Crippen molar-refractivity contribution in [1.29, 1.82) is 0 Å². The zero-order valence-corrected chi connectivity index (χ0v) is 18.9. The van der Waals surface area contributed by atoms with Crippen LogP contribution in [0.25, 0.3) is 10.8 Å². The van der Waals surface area contributed by atoms with Gasteiger partial charge in [0.25, 0.3) is 5.69 Å². The van der Waals surface area contributed by atoms with Gasteiger partial charge in [0.05, 0.1) is 12.0 Å². The zero-order chi connectivity index (χ0) is 25.6. The summed E-state index contributed by atoms with van der Waals surface area (Å²) in [6, 6.07) is 13.0. The van der Waals surface area contributed by atoms with Gasteiger partial charge < -0.3 is 14.7 Å². The summed E-state index contributed by atoms with van der Waals surface area (Å²) in [5, 5.41) is 22.5. The number of non-ortho nitro benzene ring substituents is 1. The molecule has 0 aliphatic carbocycles. The molecule has 2 unspecified atom stereocenters. The van der Waals surface area contributed by atoms with E-state index < -0.39 is 34.5 Å². The summed E-state index contributed by atoms with van der Waals surface area (Å²) in [6.07, 6.45) is 1.51. The molecule has 1 N–H and O–H groups in total. The lowest BCUT2D eigenvalue weighted by Gasteiger charge is -2.28. The van der Waals surface area contributed by atoms with Crippen molar-refractivity contribution in [3.05, 3.63) is 105 Å².